The van der Waals surface area contributed by atoms with Crippen molar-refractivity contribution in [3.05, 3.63) is 24.0 Å². The molecule has 0 radical (unpaired) electrons. The van der Waals surface area contributed by atoms with Gasteiger partial charge in [-0.1, -0.05) is 5.16 Å². The van der Waals surface area contributed by atoms with Gasteiger partial charge in [0.15, 0.2) is 0 Å². The van der Waals surface area contributed by atoms with Crippen LogP contribution >= 0.6 is 0 Å². The lowest BCUT2D eigenvalue weighted by Crippen LogP contribution is -2.26. The highest BCUT2D eigenvalue weighted by molar-refractivity contribution is 5.91. The Morgan fingerprint density at radius 3 is 2.95 bits per heavy atom. The van der Waals surface area contributed by atoms with E-state index < -0.39 is 0 Å². The minimum absolute atomic E-state index is 0.0434. The summed E-state index contributed by atoms with van der Waals surface area (Å²) in [5.41, 5.74) is 6.29. The molecule has 7 nitrogen and oxygen atoms in total. The van der Waals surface area contributed by atoms with E-state index in [1.165, 1.54) is 6.07 Å². The molecule has 19 heavy (non-hydrogen) atoms. The zero-order valence-corrected chi connectivity index (χ0v) is 9.96. The number of amides is 1. The van der Waals surface area contributed by atoms with E-state index >= 15 is 0 Å². The summed E-state index contributed by atoms with van der Waals surface area (Å²) in [4.78, 5) is 15.7. The van der Waals surface area contributed by atoms with Crippen LogP contribution < -0.4 is 11.1 Å². The highest BCUT2D eigenvalue weighted by Gasteiger charge is 2.26. The molecule has 1 fully saturated rings. The molecule has 0 spiro atoms. The minimum Gasteiger partial charge on any atom is -0.507 e. The van der Waals surface area contributed by atoms with Gasteiger partial charge < -0.3 is 20.7 Å². The van der Waals surface area contributed by atoms with E-state index in [2.05, 4.69) is 15.5 Å². The Labute approximate surface area is 108 Å². The van der Waals surface area contributed by atoms with Crippen LogP contribution in [0.25, 0.3) is 11.5 Å². The van der Waals surface area contributed by atoms with Crippen LogP contribution in [-0.2, 0) is 0 Å². The third-order valence-electron chi connectivity index (χ3n) is 2.79. The molecule has 0 bridgehead atoms. The number of aromatic hydroxyl groups is 1. The van der Waals surface area contributed by atoms with E-state index in [-0.39, 0.29) is 29.4 Å². The molecule has 4 N–H and O–H groups in total. The zero-order valence-electron chi connectivity index (χ0n) is 9.96. The van der Waals surface area contributed by atoms with E-state index in [4.69, 9.17) is 10.3 Å². The maximum absolute atomic E-state index is 11.7. The van der Waals surface area contributed by atoms with Crippen molar-refractivity contribution in [2.24, 2.45) is 0 Å². The number of nitrogens with zero attached hydrogens (tertiary/aromatic N) is 2. The first-order chi connectivity index (χ1) is 9.13. The summed E-state index contributed by atoms with van der Waals surface area (Å²) >= 11 is 0. The molecule has 0 aliphatic heterocycles. The van der Waals surface area contributed by atoms with Crippen molar-refractivity contribution < 1.29 is 14.4 Å². The van der Waals surface area contributed by atoms with Gasteiger partial charge in [-0.05, 0) is 25.0 Å². The molecule has 0 atom stereocenters. The number of nitrogen functional groups attached to an aromatic ring is 1. The molecule has 1 aromatic heterocycles. The van der Waals surface area contributed by atoms with Crippen molar-refractivity contribution in [1.29, 1.82) is 0 Å². The average Bonchev–Trinajstić information content (AvgIpc) is 3.04. The first-order valence-corrected chi connectivity index (χ1v) is 5.87. The molecule has 1 aromatic carbocycles. The van der Waals surface area contributed by atoms with Crippen LogP contribution in [0.5, 0.6) is 5.75 Å². The van der Waals surface area contributed by atoms with Crippen molar-refractivity contribution in [1.82, 2.24) is 15.5 Å². The van der Waals surface area contributed by atoms with Gasteiger partial charge in [0.25, 0.3) is 17.6 Å². The predicted molar refractivity (Wildman–Crippen MR) is 66.3 cm³/mol. The number of aromatic nitrogens is 2. The monoisotopic (exact) mass is 260 g/mol. The van der Waals surface area contributed by atoms with E-state index in [9.17, 15) is 9.90 Å². The Kier molecular flexibility index (Phi) is 2.59. The lowest BCUT2D eigenvalue weighted by Gasteiger charge is -1.99. The maximum atomic E-state index is 11.7. The number of phenolic OH excluding ortho intramolecular Hbond substituents is 1. The van der Waals surface area contributed by atoms with Gasteiger partial charge in [-0.2, -0.15) is 4.98 Å². The van der Waals surface area contributed by atoms with Crippen LogP contribution in [0.1, 0.15) is 23.5 Å². The van der Waals surface area contributed by atoms with Gasteiger partial charge in [0.2, 0.25) is 0 Å². The first kappa shape index (κ1) is 11.5. The molecule has 1 amide bonds. The van der Waals surface area contributed by atoms with Crippen molar-refractivity contribution in [3.8, 4) is 17.2 Å². The summed E-state index contributed by atoms with van der Waals surface area (Å²) in [7, 11) is 0. The molecule has 1 aliphatic carbocycles. The summed E-state index contributed by atoms with van der Waals surface area (Å²) in [5, 5.41) is 16.1. The molecule has 2 aromatic rings. The van der Waals surface area contributed by atoms with Crippen LogP contribution in [-0.4, -0.2) is 27.2 Å². The van der Waals surface area contributed by atoms with E-state index in [0.717, 1.165) is 12.8 Å². The van der Waals surface area contributed by atoms with Gasteiger partial charge in [-0.3, -0.25) is 4.79 Å². The van der Waals surface area contributed by atoms with Gasteiger partial charge in [0.1, 0.15) is 5.75 Å². The van der Waals surface area contributed by atoms with Crippen molar-refractivity contribution >= 4 is 11.6 Å². The van der Waals surface area contributed by atoms with Crippen LogP contribution in [0.4, 0.5) is 5.69 Å². The highest BCUT2D eigenvalue weighted by atomic mass is 16.5. The lowest BCUT2D eigenvalue weighted by molar-refractivity contribution is 0.0937. The first-order valence-electron chi connectivity index (χ1n) is 5.87. The van der Waals surface area contributed by atoms with Gasteiger partial charge >= 0.3 is 0 Å². The van der Waals surface area contributed by atoms with E-state index in [1.54, 1.807) is 12.1 Å². The van der Waals surface area contributed by atoms with Crippen LogP contribution in [0.3, 0.4) is 0 Å². The molecule has 1 heterocycles. The quantitative estimate of drug-likeness (QED) is 0.707. The van der Waals surface area contributed by atoms with Crippen LogP contribution in [0, 0.1) is 0 Å². The predicted octanol–water partition coefficient (Wildman–Crippen LogP) is 0.917. The number of phenols is 1. The Morgan fingerprint density at radius 1 is 1.47 bits per heavy atom. The number of carbonyl (C=O) groups is 1. The number of anilines is 1. The van der Waals surface area contributed by atoms with Crippen molar-refractivity contribution in [2.45, 2.75) is 18.9 Å². The summed E-state index contributed by atoms with van der Waals surface area (Å²) in [6.45, 7) is 0. The Morgan fingerprint density at radius 2 is 2.26 bits per heavy atom. The second kappa shape index (κ2) is 4.27. The number of nitrogens with one attached hydrogen (secondary N) is 1. The summed E-state index contributed by atoms with van der Waals surface area (Å²) in [6, 6.07) is 4.76. The molecular weight excluding hydrogens is 248 g/mol. The van der Waals surface area contributed by atoms with Gasteiger partial charge in [-0.15, -0.1) is 0 Å². The summed E-state index contributed by atoms with van der Waals surface area (Å²) in [5.74, 6) is -0.401. The topological polar surface area (TPSA) is 114 Å². The number of carbonyl (C=O) groups excluding carboxylic acids is 1. The molecule has 3 rings (SSSR count). The fourth-order valence-corrected chi connectivity index (χ4v) is 1.63. The normalized spacial score (nSPS) is 14.3. The second-order valence-electron chi connectivity index (χ2n) is 4.45. The largest absolute Gasteiger partial charge is 0.507 e. The number of hydrogen-bond donors (Lipinski definition) is 3. The van der Waals surface area contributed by atoms with Crippen molar-refractivity contribution in [2.75, 3.05) is 5.73 Å². The standard InChI is InChI=1S/C12H12N4O3/c13-6-1-4-8(9(17)5-6)12-15-10(16-19-12)11(18)14-7-2-3-7/h1,4-5,7,17H,2-3,13H2,(H,14,18). The van der Waals surface area contributed by atoms with Crippen molar-refractivity contribution in [3.63, 3.8) is 0 Å². The zero-order chi connectivity index (χ0) is 13.4. The van der Waals surface area contributed by atoms with Gasteiger partial charge in [-0.25, -0.2) is 0 Å². The maximum Gasteiger partial charge on any atom is 0.292 e. The Balaban J connectivity index is 1.85. The number of hydrogen-bond acceptors (Lipinski definition) is 6. The fraction of sp³-hybridized carbons (Fsp3) is 0.250. The fourth-order valence-electron chi connectivity index (χ4n) is 1.63. The average molecular weight is 260 g/mol. The SMILES string of the molecule is Nc1ccc(-c2nc(C(=O)NC3CC3)no2)c(O)c1. The minimum atomic E-state index is -0.368. The van der Waals surface area contributed by atoms with E-state index in [0.29, 0.717) is 11.3 Å². The molecule has 98 valence electrons. The third kappa shape index (κ3) is 2.35. The summed E-state index contributed by atoms with van der Waals surface area (Å²) in [6.07, 6.45) is 1.96. The number of rotatable bonds is 3. The Bertz CT molecular complexity index is 634. The smallest absolute Gasteiger partial charge is 0.292 e. The number of benzene rings is 1. The molecule has 0 unspecified atom stereocenters. The third-order valence-corrected chi connectivity index (χ3v) is 2.79. The molecule has 1 aliphatic rings. The van der Waals surface area contributed by atoms with Crippen LogP contribution in [0.15, 0.2) is 22.7 Å². The molecule has 7 heteroatoms. The molecular formula is C12H12N4O3. The highest BCUT2D eigenvalue weighted by Crippen LogP contribution is 2.29. The second-order valence-corrected chi connectivity index (χ2v) is 4.45. The van der Waals surface area contributed by atoms with Crippen LogP contribution in [0.2, 0.25) is 0 Å². The lowest BCUT2D eigenvalue weighted by atomic mass is 10.2. The van der Waals surface area contributed by atoms with Gasteiger partial charge in [0, 0.05) is 17.8 Å². The molecule has 0 saturated heterocycles. The van der Waals surface area contributed by atoms with E-state index in [1.807, 2.05) is 0 Å². The molecule has 1 saturated carbocycles. The summed E-state index contributed by atoms with van der Waals surface area (Å²) < 4.78 is 4.97. The number of nitrogens with two attached hydrogens (primary N) is 1. The van der Waals surface area contributed by atoms with Gasteiger partial charge in [0.05, 0.1) is 5.56 Å². The Hall–Kier alpha value is -2.57.